The molecule has 4 heterocycles. The first kappa shape index (κ1) is 23.5. The van der Waals surface area contributed by atoms with E-state index < -0.39 is 5.54 Å². The molecule has 2 N–H and O–H groups in total. The van der Waals surface area contributed by atoms with E-state index in [-0.39, 0.29) is 12.7 Å². The topological polar surface area (TPSA) is 109 Å². The number of rotatable bonds is 7. The van der Waals surface area contributed by atoms with Crippen molar-refractivity contribution >= 4 is 28.5 Å². The summed E-state index contributed by atoms with van der Waals surface area (Å²) in [7, 11) is 0. The summed E-state index contributed by atoms with van der Waals surface area (Å²) in [5.74, 6) is 2.18. The Morgan fingerprint density at radius 1 is 1.03 bits per heavy atom. The molecule has 0 radical (unpaired) electrons. The van der Waals surface area contributed by atoms with Crippen molar-refractivity contribution in [2.45, 2.75) is 38.3 Å². The van der Waals surface area contributed by atoms with Gasteiger partial charge in [-0.2, -0.15) is 4.98 Å². The van der Waals surface area contributed by atoms with Crippen molar-refractivity contribution in [3.8, 4) is 5.75 Å². The number of nitrogens with one attached hydrogen (secondary N) is 1. The molecule has 186 valence electrons. The van der Waals surface area contributed by atoms with E-state index in [9.17, 15) is 5.11 Å². The molecule has 0 amide bonds. The predicted molar refractivity (Wildman–Crippen MR) is 135 cm³/mol. The van der Waals surface area contributed by atoms with Crippen LogP contribution in [0.1, 0.15) is 26.7 Å². The van der Waals surface area contributed by atoms with Gasteiger partial charge in [0.15, 0.2) is 0 Å². The molecule has 35 heavy (non-hydrogen) atoms. The van der Waals surface area contributed by atoms with Gasteiger partial charge >= 0.3 is 0 Å². The number of hydrogen-bond donors (Lipinski definition) is 2. The zero-order chi connectivity index (χ0) is 24.3. The Bertz CT molecular complexity index is 1140. The molecule has 0 spiro atoms. The van der Waals surface area contributed by atoms with Gasteiger partial charge in [-0.15, -0.1) is 0 Å². The lowest BCUT2D eigenvalue weighted by molar-refractivity contribution is 0.122. The lowest BCUT2D eigenvalue weighted by Gasteiger charge is -2.33. The van der Waals surface area contributed by atoms with Crippen molar-refractivity contribution in [3.63, 3.8) is 0 Å². The number of morpholine rings is 1. The van der Waals surface area contributed by atoms with Crippen LogP contribution < -0.4 is 19.9 Å². The van der Waals surface area contributed by atoms with Crippen LogP contribution in [0, 0.1) is 0 Å². The molecule has 0 unspecified atom stereocenters. The predicted octanol–water partition coefficient (Wildman–Crippen LogP) is 2.49. The van der Waals surface area contributed by atoms with Gasteiger partial charge in [0, 0.05) is 69.4 Å². The summed E-state index contributed by atoms with van der Waals surface area (Å²) in [4.78, 5) is 22.7. The molecule has 0 atom stereocenters. The number of fused-ring (bicyclic) bond motifs is 1. The Morgan fingerprint density at radius 2 is 1.80 bits per heavy atom. The van der Waals surface area contributed by atoms with Gasteiger partial charge in [0.2, 0.25) is 5.95 Å². The molecular formula is C25H33N7O3. The molecule has 2 fully saturated rings. The van der Waals surface area contributed by atoms with Gasteiger partial charge in [-0.05, 0) is 26.0 Å². The van der Waals surface area contributed by atoms with Crippen molar-refractivity contribution in [1.29, 1.82) is 0 Å². The number of aliphatic hydroxyl groups is 1. The summed E-state index contributed by atoms with van der Waals surface area (Å²) in [6.07, 6.45) is 6.97. The summed E-state index contributed by atoms with van der Waals surface area (Å²) in [6, 6.07) is 6.00. The molecule has 0 bridgehead atoms. The fourth-order valence-corrected chi connectivity index (χ4v) is 4.43. The Kier molecular flexibility index (Phi) is 6.83. The number of aliphatic hydroxyl groups excluding tert-OH is 1. The van der Waals surface area contributed by atoms with Crippen LogP contribution in [0.5, 0.6) is 5.75 Å². The smallest absolute Gasteiger partial charge is 0.227 e. The molecule has 0 aliphatic carbocycles. The van der Waals surface area contributed by atoms with Gasteiger partial charge in [0.05, 0.1) is 30.9 Å². The Morgan fingerprint density at radius 3 is 2.57 bits per heavy atom. The van der Waals surface area contributed by atoms with Crippen molar-refractivity contribution in [1.82, 2.24) is 19.9 Å². The maximum Gasteiger partial charge on any atom is 0.227 e. The van der Waals surface area contributed by atoms with E-state index in [0.29, 0.717) is 11.8 Å². The second-order valence-electron chi connectivity index (χ2n) is 9.68. The summed E-state index contributed by atoms with van der Waals surface area (Å²) in [5, 5.41) is 12.8. The van der Waals surface area contributed by atoms with E-state index in [1.165, 1.54) is 0 Å². The number of hydrogen-bond acceptors (Lipinski definition) is 10. The second kappa shape index (κ2) is 10.2. The van der Waals surface area contributed by atoms with Crippen molar-refractivity contribution in [2.24, 2.45) is 0 Å². The quantitative estimate of drug-likeness (QED) is 0.525. The standard InChI is InChI=1S/C25H33N7O3/c1-25(2,17-33)30-22-3-6-28-24(29-22)32-9-4-19(5-10-32)35-21-16-18(31-11-13-34-14-12-31)15-20-23(21)27-8-7-26-20/h3,6-8,15-16,19,33H,4-5,9-14,17H2,1-2H3,(H,28,29,30). The highest BCUT2D eigenvalue weighted by molar-refractivity contribution is 5.85. The van der Waals surface area contributed by atoms with Gasteiger partial charge in [0.25, 0.3) is 0 Å². The molecule has 2 aliphatic heterocycles. The fraction of sp³-hybridized carbons (Fsp3) is 0.520. The Balaban J connectivity index is 1.27. The zero-order valence-electron chi connectivity index (χ0n) is 20.4. The van der Waals surface area contributed by atoms with E-state index >= 15 is 0 Å². The first-order valence-electron chi connectivity index (χ1n) is 12.2. The highest BCUT2D eigenvalue weighted by atomic mass is 16.5. The van der Waals surface area contributed by atoms with Crippen LogP contribution in [0.4, 0.5) is 17.5 Å². The average molecular weight is 480 g/mol. The van der Waals surface area contributed by atoms with E-state index in [1.54, 1.807) is 18.6 Å². The molecule has 5 rings (SSSR count). The fourth-order valence-electron chi connectivity index (χ4n) is 4.43. The molecule has 10 nitrogen and oxygen atoms in total. The third-order valence-electron chi connectivity index (χ3n) is 6.42. The largest absolute Gasteiger partial charge is 0.488 e. The molecule has 10 heteroatoms. The highest BCUT2D eigenvalue weighted by Gasteiger charge is 2.25. The van der Waals surface area contributed by atoms with E-state index in [2.05, 4.69) is 47.2 Å². The highest BCUT2D eigenvalue weighted by Crippen LogP contribution is 2.32. The monoisotopic (exact) mass is 479 g/mol. The van der Waals surface area contributed by atoms with E-state index in [0.717, 1.165) is 74.7 Å². The van der Waals surface area contributed by atoms with Crippen molar-refractivity contribution in [2.75, 3.05) is 61.1 Å². The zero-order valence-corrected chi connectivity index (χ0v) is 20.4. The summed E-state index contributed by atoms with van der Waals surface area (Å²) in [6.45, 7) is 8.63. The van der Waals surface area contributed by atoms with Crippen LogP contribution >= 0.6 is 0 Å². The maximum absolute atomic E-state index is 9.53. The first-order chi connectivity index (χ1) is 17.0. The van der Waals surface area contributed by atoms with Gasteiger partial charge < -0.3 is 29.7 Å². The number of ether oxygens (including phenoxy) is 2. The lowest BCUT2D eigenvalue weighted by Crippen LogP contribution is -2.40. The van der Waals surface area contributed by atoms with Crippen LogP contribution in [0.25, 0.3) is 11.0 Å². The maximum atomic E-state index is 9.53. The summed E-state index contributed by atoms with van der Waals surface area (Å²) >= 11 is 0. The number of benzene rings is 1. The van der Waals surface area contributed by atoms with Gasteiger partial charge in [0.1, 0.15) is 23.2 Å². The van der Waals surface area contributed by atoms with Gasteiger partial charge in [-0.25, -0.2) is 9.97 Å². The number of anilines is 3. The average Bonchev–Trinajstić information content (AvgIpc) is 2.89. The molecule has 1 aromatic carbocycles. The normalized spacial score (nSPS) is 17.6. The summed E-state index contributed by atoms with van der Waals surface area (Å²) in [5.41, 5.74) is 2.28. The van der Waals surface area contributed by atoms with Gasteiger partial charge in [-0.3, -0.25) is 4.98 Å². The number of piperidine rings is 1. The second-order valence-corrected chi connectivity index (χ2v) is 9.68. The third-order valence-corrected chi connectivity index (χ3v) is 6.42. The SMILES string of the molecule is CC(C)(CO)Nc1ccnc(N2CCC(Oc3cc(N4CCOCC4)cc4nccnc34)CC2)n1. The van der Waals surface area contributed by atoms with Gasteiger partial charge in [-0.1, -0.05) is 0 Å². The minimum absolute atomic E-state index is 0.0147. The van der Waals surface area contributed by atoms with Crippen molar-refractivity contribution < 1.29 is 14.6 Å². The van der Waals surface area contributed by atoms with Crippen LogP contribution in [-0.2, 0) is 4.74 Å². The molecule has 2 saturated heterocycles. The van der Waals surface area contributed by atoms with E-state index in [4.69, 9.17) is 9.47 Å². The first-order valence-corrected chi connectivity index (χ1v) is 12.2. The van der Waals surface area contributed by atoms with Crippen molar-refractivity contribution in [3.05, 3.63) is 36.8 Å². The number of nitrogens with zero attached hydrogens (tertiary/aromatic N) is 6. The summed E-state index contributed by atoms with van der Waals surface area (Å²) < 4.78 is 12.0. The van der Waals surface area contributed by atoms with Crippen LogP contribution in [-0.4, -0.2) is 82.7 Å². The Hall–Kier alpha value is -3.24. The van der Waals surface area contributed by atoms with E-state index in [1.807, 2.05) is 19.9 Å². The lowest BCUT2D eigenvalue weighted by atomic mass is 10.1. The molecular weight excluding hydrogens is 446 g/mol. The molecule has 3 aromatic rings. The van der Waals surface area contributed by atoms with Crippen LogP contribution in [0.15, 0.2) is 36.8 Å². The minimum Gasteiger partial charge on any atom is -0.488 e. The van der Waals surface area contributed by atoms with Crippen LogP contribution in [0.3, 0.4) is 0 Å². The Labute approximate surface area is 205 Å². The molecule has 2 aliphatic rings. The van der Waals surface area contributed by atoms with Crippen LogP contribution in [0.2, 0.25) is 0 Å². The number of aromatic nitrogens is 4. The minimum atomic E-state index is -0.451. The molecule has 0 saturated carbocycles. The third kappa shape index (κ3) is 5.54. The molecule has 2 aromatic heterocycles.